The van der Waals surface area contributed by atoms with Crippen LogP contribution in [0, 0.1) is 0 Å². The first-order valence-electron chi connectivity index (χ1n) is 9.72. The van der Waals surface area contributed by atoms with Crippen molar-refractivity contribution in [3.8, 4) is 0 Å². The van der Waals surface area contributed by atoms with Gasteiger partial charge < -0.3 is 10.2 Å². The van der Waals surface area contributed by atoms with Crippen molar-refractivity contribution in [2.45, 2.75) is 11.3 Å². The summed E-state index contributed by atoms with van der Waals surface area (Å²) >= 11 is 0. The van der Waals surface area contributed by atoms with Crippen LogP contribution in [0.15, 0.2) is 83.8 Å². The van der Waals surface area contributed by atoms with E-state index < -0.39 is 15.9 Å². The monoisotopic (exact) mass is 421 g/mol. The zero-order valence-corrected chi connectivity index (χ0v) is 17.5. The summed E-state index contributed by atoms with van der Waals surface area (Å²) in [7, 11) is -2.32. The van der Waals surface area contributed by atoms with Crippen LogP contribution in [0.1, 0.15) is 5.56 Å². The van der Waals surface area contributed by atoms with Gasteiger partial charge in [0.2, 0.25) is 15.9 Å². The summed E-state index contributed by atoms with van der Waals surface area (Å²) in [5.74, 6) is -0.392. The van der Waals surface area contributed by atoms with Crippen LogP contribution in [0.4, 0.5) is 17.1 Å². The van der Waals surface area contributed by atoms with E-state index in [1.165, 1.54) is 24.7 Å². The molecule has 1 heterocycles. The maximum absolute atomic E-state index is 12.7. The number of hydrogen-bond donors (Lipinski definition) is 1. The van der Waals surface area contributed by atoms with Gasteiger partial charge in [-0.1, -0.05) is 48.5 Å². The van der Waals surface area contributed by atoms with Crippen molar-refractivity contribution in [3.05, 3.63) is 84.4 Å². The number of fused-ring (bicyclic) bond motifs is 1. The number of nitrogens with one attached hydrogen (secondary N) is 1. The first-order chi connectivity index (χ1) is 14.5. The average Bonchev–Trinajstić information content (AvgIpc) is 3.18. The molecule has 0 spiro atoms. The molecule has 0 saturated heterocycles. The van der Waals surface area contributed by atoms with Crippen LogP contribution in [0.2, 0.25) is 0 Å². The molecule has 6 nitrogen and oxygen atoms in total. The summed E-state index contributed by atoms with van der Waals surface area (Å²) in [6.07, 6.45) is 0.941. The summed E-state index contributed by atoms with van der Waals surface area (Å²) in [6.45, 7) is 0.552. The Morgan fingerprint density at radius 1 is 0.933 bits per heavy atom. The van der Waals surface area contributed by atoms with E-state index in [1.54, 1.807) is 18.2 Å². The van der Waals surface area contributed by atoms with Crippen molar-refractivity contribution in [1.29, 1.82) is 0 Å². The van der Waals surface area contributed by atoms with Gasteiger partial charge in [-0.05, 0) is 42.3 Å². The minimum absolute atomic E-state index is 0.161. The number of nitrogens with zero attached hydrogens (tertiary/aromatic N) is 2. The number of anilines is 3. The SMILES string of the molecule is CN(CC(=O)Nc1ccccc1N1CCc2ccccc21)S(=O)(=O)c1ccccc1. The lowest BCUT2D eigenvalue weighted by Crippen LogP contribution is -2.35. The average molecular weight is 422 g/mol. The highest BCUT2D eigenvalue weighted by Gasteiger charge is 2.25. The second-order valence-electron chi connectivity index (χ2n) is 7.17. The third-order valence-corrected chi connectivity index (χ3v) is 6.99. The second kappa shape index (κ2) is 8.30. The molecule has 7 heteroatoms. The minimum atomic E-state index is -3.73. The molecule has 0 fully saturated rings. The molecule has 4 rings (SSSR count). The van der Waals surface area contributed by atoms with E-state index in [1.807, 2.05) is 36.4 Å². The largest absolute Gasteiger partial charge is 0.339 e. The van der Waals surface area contributed by atoms with E-state index in [-0.39, 0.29) is 11.4 Å². The van der Waals surface area contributed by atoms with Crippen molar-refractivity contribution >= 4 is 33.0 Å². The van der Waals surface area contributed by atoms with Crippen LogP contribution in [0.3, 0.4) is 0 Å². The van der Waals surface area contributed by atoms with Gasteiger partial charge in [0.15, 0.2) is 0 Å². The standard InChI is InChI=1S/C23H23N3O3S/c1-25(30(28,29)19-10-3-2-4-11-19)17-23(27)24-20-12-6-8-14-22(20)26-16-15-18-9-5-7-13-21(18)26/h2-14H,15-17H2,1H3,(H,24,27). The van der Waals surface area contributed by atoms with Crippen molar-refractivity contribution in [2.75, 3.05) is 30.4 Å². The summed E-state index contributed by atoms with van der Waals surface area (Å²) in [5, 5.41) is 2.89. The lowest BCUT2D eigenvalue weighted by atomic mass is 10.2. The number of para-hydroxylation sites is 3. The van der Waals surface area contributed by atoms with Gasteiger partial charge in [-0.25, -0.2) is 8.42 Å². The maximum atomic E-state index is 12.7. The highest BCUT2D eigenvalue weighted by Crippen LogP contribution is 2.38. The number of rotatable bonds is 6. The van der Waals surface area contributed by atoms with E-state index in [4.69, 9.17) is 0 Å². The Balaban J connectivity index is 1.51. The van der Waals surface area contributed by atoms with Gasteiger partial charge in [-0.2, -0.15) is 4.31 Å². The predicted octanol–water partition coefficient (Wildman–Crippen LogP) is 3.64. The molecule has 1 aliphatic rings. The summed E-state index contributed by atoms with van der Waals surface area (Å²) in [4.78, 5) is 15.0. The molecule has 154 valence electrons. The van der Waals surface area contributed by atoms with Crippen molar-refractivity contribution < 1.29 is 13.2 Å². The van der Waals surface area contributed by atoms with Crippen LogP contribution < -0.4 is 10.2 Å². The maximum Gasteiger partial charge on any atom is 0.243 e. The lowest BCUT2D eigenvalue weighted by molar-refractivity contribution is -0.116. The molecule has 3 aromatic carbocycles. The molecule has 3 aromatic rings. The van der Waals surface area contributed by atoms with Crippen LogP contribution in [0.5, 0.6) is 0 Å². The Bertz CT molecular complexity index is 1160. The Kier molecular flexibility index (Phi) is 5.57. The quantitative estimate of drug-likeness (QED) is 0.660. The van der Waals surface area contributed by atoms with E-state index in [2.05, 4.69) is 22.3 Å². The zero-order chi connectivity index (χ0) is 21.1. The molecule has 0 atom stereocenters. The highest BCUT2D eigenvalue weighted by atomic mass is 32.2. The molecule has 30 heavy (non-hydrogen) atoms. The Morgan fingerprint density at radius 3 is 2.33 bits per heavy atom. The van der Waals surface area contributed by atoms with Crippen molar-refractivity contribution in [2.24, 2.45) is 0 Å². The molecule has 1 aliphatic heterocycles. The normalized spacial score (nSPS) is 13.3. The van der Waals surface area contributed by atoms with Gasteiger partial charge in [0.1, 0.15) is 0 Å². The van der Waals surface area contributed by atoms with Gasteiger partial charge in [0, 0.05) is 19.3 Å². The fourth-order valence-corrected chi connectivity index (χ4v) is 4.80. The van der Waals surface area contributed by atoms with Gasteiger partial charge in [0.05, 0.1) is 22.8 Å². The van der Waals surface area contributed by atoms with Gasteiger partial charge in [-0.3, -0.25) is 4.79 Å². The summed E-state index contributed by atoms with van der Waals surface area (Å²) < 4.78 is 26.4. The third-order valence-electron chi connectivity index (χ3n) is 5.17. The molecule has 0 bridgehead atoms. The number of sulfonamides is 1. The molecule has 0 unspecified atom stereocenters. The molecular weight excluding hydrogens is 398 g/mol. The van der Waals surface area contributed by atoms with Gasteiger partial charge >= 0.3 is 0 Å². The number of hydrogen-bond acceptors (Lipinski definition) is 4. The topological polar surface area (TPSA) is 69.7 Å². The molecule has 1 amide bonds. The van der Waals surface area contributed by atoms with Crippen LogP contribution in [0.25, 0.3) is 0 Å². The van der Waals surface area contributed by atoms with Crippen LogP contribution in [-0.2, 0) is 21.2 Å². The molecule has 0 radical (unpaired) electrons. The fourth-order valence-electron chi connectivity index (χ4n) is 3.65. The number of benzene rings is 3. The molecule has 1 N–H and O–H groups in total. The van der Waals surface area contributed by atoms with Crippen LogP contribution >= 0.6 is 0 Å². The minimum Gasteiger partial charge on any atom is -0.339 e. The van der Waals surface area contributed by atoms with Gasteiger partial charge in [0.25, 0.3) is 0 Å². The number of carbonyl (C=O) groups is 1. The van der Waals surface area contributed by atoms with E-state index in [9.17, 15) is 13.2 Å². The van der Waals surface area contributed by atoms with Crippen LogP contribution in [-0.4, -0.2) is 38.8 Å². The second-order valence-corrected chi connectivity index (χ2v) is 9.21. The zero-order valence-electron chi connectivity index (χ0n) is 16.7. The Hall–Kier alpha value is -3.16. The fraction of sp³-hybridized carbons (Fsp3) is 0.174. The van der Waals surface area contributed by atoms with Gasteiger partial charge in [-0.15, -0.1) is 0 Å². The van der Waals surface area contributed by atoms with Crippen molar-refractivity contribution in [1.82, 2.24) is 4.31 Å². The highest BCUT2D eigenvalue weighted by molar-refractivity contribution is 7.89. The van der Waals surface area contributed by atoms with E-state index in [0.29, 0.717) is 5.69 Å². The summed E-state index contributed by atoms with van der Waals surface area (Å²) in [6, 6.07) is 23.9. The first kappa shape index (κ1) is 20.1. The summed E-state index contributed by atoms with van der Waals surface area (Å²) in [5.41, 5.74) is 3.95. The smallest absolute Gasteiger partial charge is 0.243 e. The lowest BCUT2D eigenvalue weighted by Gasteiger charge is -2.23. The third kappa shape index (κ3) is 3.94. The Morgan fingerprint density at radius 2 is 1.57 bits per heavy atom. The Labute approximate surface area is 176 Å². The number of carbonyl (C=O) groups excluding carboxylic acids is 1. The molecule has 0 saturated carbocycles. The van der Waals surface area contributed by atoms with Crippen molar-refractivity contribution in [3.63, 3.8) is 0 Å². The molecule has 0 aliphatic carbocycles. The number of likely N-dealkylation sites (N-methyl/N-ethyl adjacent to an activating group) is 1. The molecular formula is C23H23N3O3S. The van der Waals surface area contributed by atoms with E-state index in [0.717, 1.165) is 28.6 Å². The first-order valence-corrected chi connectivity index (χ1v) is 11.2. The van der Waals surface area contributed by atoms with E-state index >= 15 is 0 Å². The number of amides is 1. The molecule has 0 aromatic heterocycles. The predicted molar refractivity (Wildman–Crippen MR) is 118 cm³/mol.